The second kappa shape index (κ2) is 4.49. The summed E-state index contributed by atoms with van der Waals surface area (Å²) in [5.74, 6) is 1.94. The van der Waals surface area contributed by atoms with E-state index in [0.717, 1.165) is 16.9 Å². The first-order valence-corrected chi connectivity index (χ1v) is 5.56. The zero-order valence-electron chi connectivity index (χ0n) is 10.2. The quantitative estimate of drug-likeness (QED) is 0.883. The number of nitrogens with two attached hydrogens (primary N) is 1. The van der Waals surface area contributed by atoms with Crippen LogP contribution in [0.25, 0.3) is 11.3 Å². The van der Waals surface area contributed by atoms with Crippen molar-refractivity contribution in [2.45, 2.75) is 26.9 Å². The molecule has 0 spiro atoms. The molecule has 1 aromatic heterocycles. The molecule has 0 fully saturated rings. The van der Waals surface area contributed by atoms with Crippen LogP contribution >= 0.6 is 0 Å². The predicted molar refractivity (Wildman–Crippen MR) is 66.9 cm³/mol. The zero-order valence-corrected chi connectivity index (χ0v) is 10.2. The normalized spacial score (nSPS) is 10.8. The number of hydrogen-bond donors (Lipinski definition) is 1. The number of anilines is 1. The van der Waals surface area contributed by atoms with Crippen LogP contribution in [0.4, 0.5) is 5.82 Å². The summed E-state index contributed by atoms with van der Waals surface area (Å²) in [5, 5.41) is 3.67. The first kappa shape index (κ1) is 11.5. The van der Waals surface area contributed by atoms with Crippen LogP contribution in [0.1, 0.15) is 19.4 Å². The van der Waals surface area contributed by atoms with E-state index >= 15 is 0 Å². The van der Waals surface area contributed by atoms with Crippen LogP contribution in [0.15, 0.2) is 28.8 Å². The number of ether oxygens (including phenoxy) is 1. The number of nitrogens with zero attached hydrogens (tertiary/aromatic N) is 1. The summed E-state index contributed by atoms with van der Waals surface area (Å²) in [6.45, 7) is 6.01. The molecule has 4 nitrogen and oxygen atoms in total. The lowest BCUT2D eigenvalue weighted by molar-refractivity contribution is 0.241. The van der Waals surface area contributed by atoms with Crippen LogP contribution in [-0.4, -0.2) is 11.3 Å². The fourth-order valence-electron chi connectivity index (χ4n) is 1.61. The minimum absolute atomic E-state index is 0.167. The number of aromatic nitrogens is 1. The lowest BCUT2D eigenvalue weighted by Gasteiger charge is -2.12. The van der Waals surface area contributed by atoms with Crippen molar-refractivity contribution in [1.82, 2.24) is 5.16 Å². The maximum absolute atomic E-state index is 5.67. The standard InChI is InChI=1S/C13H16N2O2/c1-8(2)16-11-5-4-10(6-9(11)3)12-7-13(14)15-17-12/h4-8H,1-3H3,(H2,14,15). The summed E-state index contributed by atoms with van der Waals surface area (Å²) in [7, 11) is 0. The van der Waals surface area contributed by atoms with Crippen LogP contribution in [0, 0.1) is 6.92 Å². The van der Waals surface area contributed by atoms with Gasteiger partial charge in [0.1, 0.15) is 5.75 Å². The van der Waals surface area contributed by atoms with Crippen molar-refractivity contribution in [3.8, 4) is 17.1 Å². The fraction of sp³-hybridized carbons (Fsp3) is 0.308. The highest BCUT2D eigenvalue weighted by atomic mass is 16.5. The van der Waals surface area contributed by atoms with Crippen LogP contribution in [0.5, 0.6) is 5.75 Å². The minimum atomic E-state index is 0.167. The molecule has 0 bridgehead atoms. The lowest BCUT2D eigenvalue weighted by atomic mass is 10.1. The molecule has 4 heteroatoms. The Morgan fingerprint density at radius 1 is 1.29 bits per heavy atom. The summed E-state index contributed by atoms with van der Waals surface area (Å²) in [6.07, 6.45) is 0.167. The van der Waals surface area contributed by atoms with Gasteiger partial charge < -0.3 is 15.0 Å². The van der Waals surface area contributed by atoms with E-state index in [2.05, 4.69) is 5.16 Å². The Morgan fingerprint density at radius 3 is 2.59 bits per heavy atom. The molecule has 0 aliphatic heterocycles. The second-order valence-corrected chi connectivity index (χ2v) is 4.26. The molecular formula is C13H16N2O2. The van der Waals surface area contributed by atoms with Crippen LogP contribution < -0.4 is 10.5 Å². The second-order valence-electron chi connectivity index (χ2n) is 4.26. The summed E-state index contributed by atoms with van der Waals surface area (Å²) >= 11 is 0. The smallest absolute Gasteiger partial charge is 0.169 e. The van der Waals surface area contributed by atoms with Gasteiger partial charge in [0.25, 0.3) is 0 Å². The summed E-state index contributed by atoms with van der Waals surface area (Å²) < 4.78 is 10.8. The van der Waals surface area contributed by atoms with Gasteiger partial charge in [0.15, 0.2) is 11.6 Å². The minimum Gasteiger partial charge on any atom is -0.491 e. The van der Waals surface area contributed by atoms with Crippen LogP contribution in [-0.2, 0) is 0 Å². The van der Waals surface area contributed by atoms with Crippen molar-refractivity contribution in [3.05, 3.63) is 29.8 Å². The maximum atomic E-state index is 5.67. The van der Waals surface area contributed by atoms with E-state index < -0.39 is 0 Å². The molecule has 1 heterocycles. The van der Waals surface area contributed by atoms with Gasteiger partial charge in [-0.15, -0.1) is 0 Å². The lowest BCUT2D eigenvalue weighted by Crippen LogP contribution is -2.06. The number of hydrogen-bond acceptors (Lipinski definition) is 4. The molecule has 0 radical (unpaired) electrons. The SMILES string of the molecule is Cc1cc(-c2cc(N)no2)ccc1OC(C)C. The van der Waals surface area contributed by atoms with Gasteiger partial charge in [-0.25, -0.2) is 0 Å². The van der Waals surface area contributed by atoms with Crippen molar-refractivity contribution in [3.63, 3.8) is 0 Å². The number of nitrogen functional groups attached to an aromatic ring is 1. The third-order valence-electron chi connectivity index (χ3n) is 2.35. The average molecular weight is 232 g/mol. The highest BCUT2D eigenvalue weighted by Gasteiger charge is 2.08. The van der Waals surface area contributed by atoms with E-state index in [0.29, 0.717) is 11.6 Å². The highest BCUT2D eigenvalue weighted by molar-refractivity contribution is 5.62. The molecule has 2 aromatic rings. The summed E-state index contributed by atoms with van der Waals surface area (Å²) in [4.78, 5) is 0. The maximum Gasteiger partial charge on any atom is 0.169 e. The molecule has 0 amide bonds. The van der Waals surface area contributed by atoms with Crippen molar-refractivity contribution in [1.29, 1.82) is 0 Å². The molecule has 90 valence electrons. The Bertz CT molecular complexity index is 518. The Morgan fingerprint density at radius 2 is 2.06 bits per heavy atom. The predicted octanol–water partition coefficient (Wildman–Crippen LogP) is 3.02. The van der Waals surface area contributed by atoms with Gasteiger partial charge >= 0.3 is 0 Å². The van der Waals surface area contributed by atoms with Crippen molar-refractivity contribution >= 4 is 5.82 Å². The van der Waals surface area contributed by atoms with Gasteiger partial charge in [-0.05, 0) is 44.5 Å². The van der Waals surface area contributed by atoms with Crippen molar-refractivity contribution in [2.75, 3.05) is 5.73 Å². The highest BCUT2D eigenvalue weighted by Crippen LogP contribution is 2.27. The first-order valence-electron chi connectivity index (χ1n) is 5.56. The third-order valence-corrected chi connectivity index (χ3v) is 2.35. The van der Waals surface area contributed by atoms with Crippen LogP contribution in [0.3, 0.4) is 0 Å². The van der Waals surface area contributed by atoms with Gasteiger partial charge in [0, 0.05) is 11.6 Å². The first-order chi connectivity index (χ1) is 8.06. The van der Waals surface area contributed by atoms with Gasteiger partial charge in [-0.3, -0.25) is 0 Å². The number of rotatable bonds is 3. The molecule has 2 rings (SSSR count). The molecule has 0 unspecified atom stereocenters. The Balaban J connectivity index is 2.30. The molecule has 0 saturated carbocycles. The molecule has 0 atom stereocenters. The zero-order chi connectivity index (χ0) is 12.4. The Kier molecular flexibility index (Phi) is 3.04. The van der Waals surface area contributed by atoms with E-state index in [1.54, 1.807) is 6.07 Å². The van der Waals surface area contributed by atoms with Gasteiger partial charge in [0.2, 0.25) is 0 Å². The fourth-order valence-corrected chi connectivity index (χ4v) is 1.61. The molecule has 0 aliphatic rings. The number of benzene rings is 1. The largest absolute Gasteiger partial charge is 0.491 e. The van der Waals surface area contributed by atoms with E-state index in [1.807, 2.05) is 39.0 Å². The van der Waals surface area contributed by atoms with Gasteiger partial charge in [-0.1, -0.05) is 5.16 Å². The van der Waals surface area contributed by atoms with Gasteiger partial charge in [0.05, 0.1) is 6.10 Å². The third kappa shape index (κ3) is 2.58. The monoisotopic (exact) mass is 232 g/mol. The molecule has 0 saturated heterocycles. The average Bonchev–Trinajstić information content (AvgIpc) is 2.67. The topological polar surface area (TPSA) is 61.3 Å². The number of aryl methyl sites for hydroxylation is 1. The molecule has 0 aliphatic carbocycles. The van der Waals surface area contributed by atoms with Crippen molar-refractivity contribution in [2.24, 2.45) is 0 Å². The summed E-state index contributed by atoms with van der Waals surface area (Å²) in [6, 6.07) is 7.57. The van der Waals surface area contributed by atoms with E-state index in [1.165, 1.54) is 0 Å². The van der Waals surface area contributed by atoms with E-state index in [9.17, 15) is 0 Å². The molecule has 17 heavy (non-hydrogen) atoms. The molecular weight excluding hydrogens is 216 g/mol. The van der Waals surface area contributed by atoms with Crippen molar-refractivity contribution < 1.29 is 9.26 Å². The van der Waals surface area contributed by atoms with E-state index in [-0.39, 0.29) is 6.10 Å². The molecule has 1 aromatic carbocycles. The molecule has 2 N–H and O–H groups in total. The van der Waals surface area contributed by atoms with E-state index in [4.69, 9.17) is 15.0 Å². The van der Waals surface area contributed by atoms with Crippen LogP contribution in [0.2, 0.25) is 0 Å². The van der Waals surface area contributed by atoms with Gasteiger partial charge in [-0.2, -0.15) is 0 Å². The summed E-state index contributed by atoms with van der Waals surface area (Å²) in [5.41, 5.74) is 7.53. The Labute approximate surface area is 100 Å². The Hall–Kier alpha value is -1.97.